The van der Waals surface area contributed by atoms with Crippen LogP contribution >= 0.6 is 10.7 Å². The predicted octanol–water partition coefficient (Wildman–Crippen LogP) is 2.09. The van der Waals surface area contributed by atoms with Gasteiger partial charge in [-0.05, 0) is 19.1 Å². The summed E-state index contributed by atoms with van der Waals surface area (Å²) in [5.74, 6) is 0.988. The van der Waals surface area contributed by atoms with E-state index in [4.69, 9.17) is 20.2 Å². The zero-order valence-electron chi connectivity index (χ0n) is 9.57. The van der Waals surface area contributed by atoms with Crippen molar-refractivity contribution in [3.05, 3.63) is 23.3 Å². The zero-order valence-corrected chi connectivity index (χ0v) is 11.1. The molecule has 1 aromatic rings. The lowest BCUT2D eigenvalue weighted by molar-refractivity contribution is 0.254. The lowest BCUT2D eigenvalue weighted by atomic mass is 10.1. The van der Waals surface area contributed by atoms with E-state index in [0.717, 1.165) is 12.0 Å². The van der Waals surface area contributed by atoms with Gasteiger partial charge in [-0.3, -0.25) is 0 Å². The molecule has 0 fully saturated rings. The monoisotopic (exact) mass is 276 g/mol. The topological polar surface area (TPSA) is 52.6 Å². The summed E-state index contributed by atoms with van der Waals surface area (Å²) in [5.41, 5.74) is 1.56. The van der Waals surface area contributed by atoms with E-state index in [0.29, 0.717) is 17.1 Å². The first-order valence-electron chi connectivity index (χ1n) is 5.18. The third-order valence-electron chi connectivity index (χ3n) is 2.63. The van der Waals surface area contributed by atoms with Gasteiger partial charge in [0.05, 0.1) is 12.9 Å². The fourth-order valence-corrected chi connectivity index (χ4v) is 2.92. The lowest BCUT2D eigenvalue weighted by Crippen LogP contribution is -2.05. The van der Waals surface area contributed by atoms with Gasteiger partial charge in [0.25, 0.3) is 0 Å². The highest BCUT2D eigenvalue weighted by molar-refractivity contribution is 8.13. The Hall–Kier alpha value is -0.940. The number of fused-ring (bicyclic) bond motifs is 1. The van der Waals surface area contributed by atoms with E-state index < -0.39 is 9.05 Å². The largest absolute Gasteiger partial charge is 0.496 e. The van der Waals surface area contributed by atoms with Gasteiger partial charge in [0.15, 0.2) is 0 Å². The summed E-state index contributed by atoms with van der Waals surface area (Å²) in [6.07, 6.45) is 0.914. The van der Waals surface area contributed by atoms with Gasteiger partial charge >= 0.3 is 0 Å². The summed E-state index contributed by atoms with van der Waals surface area (Å²) in [6.45, 7) is 1.96. The Bertz CT molecular complexity index is 539. The van der Waals surface area contributed by atoms with Crippen molar-refractivity contribution in [3.8, 4) is 11.5 Å². The van der Waals surface area contributed by atoms with Gasteiger partial charge in [0, 0.05) is 28.2 Å². The lowest BCUT2D eigenvalue weighted by Gasteiger charge is -2.09. The number of ether oxygens (including phenoxy) is 2. The van der Waals surface area contributed by atoms with E-state index in [1.165, 1.54) is 7.11 Å². The zero-order chi connectivity index (χ0) is 12.6. The average Bonchev–Trinajstić information content (AvgIpc) is 2.53. The van der Waals surface area contributed by atoms with Crippen LogP contribution < -0.4 is 9.47 Å². The van der Waals surface area contributed by atoms with Crippen LogP contribution in [0.5, 0.6) is 11.5 Å². The van der Waals surface area contributed by atoms with Crippen LogP contribution in [0.1, 0.15) is 18.1 Å². The van der Waals surface area contributed by atoms with Crippen molar-refractivity contribution in [2.45, 2.75) is 25.2 Å². The van der Waals surface area contributed by atoms with Crippen LogP contribution in [-0.2, 0) is 21.2 Å². The first-order valence-corrected chi connectivity index (χ1v) is 7.65. The second-order valence-electron chi connectivity index (χ2n) is 4.09. The summed E-state index contributed by atoms with van der Waals surface area (Å²) in [6, 6.07) is 3.51. The smallest absolute Gasteiger partial charge is 0.236 e. The highest BCUT2D eigenvalue weighted by Gasteiger charge is 2.23. The van der Waals surface area contributed by atoms with Gasteiger partial charge in [-0.15, -0.1) is 0 Å². The molecular weight excluding hydrogens is 264 g/mol. The van der Waals surface area contributed by atoms with E-state index in [1.54, 1.807) is 6.07 Å². The van der Waals surface area contributed by atoms with Crippen molar-refractivity contribution in [2.24, 2.45) is 0 Å². The van der Waals surface area contributed by atoms with Crippen molar-refractivity contribution >= 4 is 19.7 Å². The van der Waals surface area contributed by atoms with Crippen molar-refractivity contribution in [2.75, 3.05) is 7.11 Å². The van der Waals surface area contributed by atoms with Crippen molar-refractivity contribution in [1.82, 2.24) is 0 Å². The molecule has 0 saturated heterocycles. The minimum atomic E-state index is -3.60. The standard InChI is InChI=1S/C11H13ClO4S/c1-7-3-8-4-10(15-2)9(5-11(8)16-7)6-17(12,13)14/h4-5,7H,3,6H2,1-2H3. The summed E-state index contributed by atoms with van der Waals surface area (Å²) in [5, 5.41) is 0. The van der Waals surface area contributed by atoms with Gasteiger partial charge < -0.3 is 9.47 Å². The summed E-state index contributed by atoms with van der Waals surface area (Å²) in [4.78, 5) is 0. The maximum atomic E-state index is 11.1. The summed E-state index contributed by atoms with van der Waals surface area (Å²) < 4.78 is 32.9. The average molecular weight is 277 g/mol. The molecule has 6 heteroatoms. The van der Waals surface area contributed by atoms with E-state index in [9.17, 15) is 8.42 Å². The SMILES string of the molecule is COc1cc2c(cc1CS(=O)(=O)Cl)OC(C)C2. The van der Waals surface area contributed by atoms with Crippen molar-refractivity contribution in [1.29, 1.82) is 0 Å². The van der Waals surface area contributed by atoms with Gasteiger partial charge in [0.1, 0.15) is 17.6 Å². The second-order valence-corrected chi connectivity index (χ2v) is 6.86. The summed E-state index contributed by atoms with van der Waals surface area (Å²) >= 11 is 0. The van der Waals surface area contributed by atoms with Gasteiger partial charge in [0.2, 0.25) is 9.05 Å². The fraction of sp³-hybridized carbons (Fsp3) is 0.455. The molecule has 0 bridgehead atoms. The third kappa shape index (κ3) is 2.84. The Labute approximate surface area is 105 Å². The number of rotatable bonds is 3. The summed E-state index contributed by atoms with van der Waals surface area (Å²) in [7, 11) is 3.15. The molecule has 0 saturated carbocycles. The molecule has 17 heavy (non-hydrogen) atoms. The molecule has 1 aliphatic heterocycles. The number of hydrogen-bond acceptors (Lipinski definition) is 4. The van der Waals surface area contributed by atoms with Gasteiger partial charge in [-0.25, -0.2) is 8.42 Å². The molecule has 1 heterocycles. The molecule has 0 aromatic heterocycles. The minimum Gasteiger partial charge on any atom is -0.496 e. The molecule has 0 radical (unpaired) electrons. The molecule has 1 atom stereocenters. The molecule has 0 N–H and O–H groups in total. The van der Waals surface area contributed by atoms with Crippen LogP contribution in [0.3, 0.4) is 0 Å². The number of halogens is 1. The molecule has 4 nitrogen and oxygen atoms in total. The third-order valence-corrected chi connectivity index (χ3v) is 3.61. The second kappa shape index (κ2) is 4.38. The van der Waals surface area contributed by atoms with Crippen LogP contribution in [0.15, 0.2) is 12.1 Å². The first-order chi connectivity index (χ1) is 7.89. The Kier molecular flexibility index (Phi) is 3.23. The molecule has 0 aliphatic carbocycles. The highest BCUT2D eigenvalue weighted by atomic mass is 35.7. The Morgan fingerprint density at radius 1 is 1.53 bits per heavy atom. The number of methoxy groups -OCH3 is 1. The van der Waals surface area contributed by atoms with Crippen LogP contribution in [0.25, 0.3) is 0 Å². The molecular formula is C11H13ClO4S. The normalized spacial score (nSPS) is 18.6. The Morgan fingerprint density at radius 3 is 2.82 bits per heavy atom. The van der Waals surface area contributed by atoms with E-state index in [2.05, 4.69) is 0 Å². The van der Waals surface area contributed by atoms with Crippen molar-refractivity contribution < 1.29 is 17.9 Å². The maximum absolute atomic E-state index is 11.1. The number of benzene rings is 1. The molecule has 0 amide bonds. The van der Waals surface area contributed by atoms with Gasteiger partial charge in [-0.1, -0.05) is 0 Å². The predicted molar refractivity (Wildman–Crippen MR) is 65.3 cm³/mol. The van der Waals surface area contributed by atoms with Gasteiger partial charge in [-0.2, -0.15) is 0 Å². The Balaban J connectivity index is 2.43. The molecule has 1 aliphatic rings. The van der Waals surface area contributed by atoms with Crippen LogP contribution in [0.4, 0.5) is 0 Å². The van der Waals surface area contributed by atoms with E-state index >= 15 is 0 Å². The maximum Gasteiger partial charge on any atom is 0.236 e. The van der Waals surface area contributed by atoms with Crippen molar-refractivity contribution in [3.63, 3.8) is 0 Å². The molecule has 2 rings (SSSR count). The quantitative estimate of drug-likeness (QED) is 0.793. The van der Waals surface area contributed by atoms with E-state index in [1.807, 2.05) is 13.0 Å². The van der Waals surface area contributed by atoms with Crippen LogP contribution in [0.2, 0.25) is 0 Å². The first kappa shape index (κ1) is 12.5. The highest BCUT2D eigenvalue weighted by Crippen LogP contribution is 2.35. The van der Waals surface area contributed by atoms with Crippen LogP contribution in [-0.4, -0.2) is 21.6 Å². The minimum absolute atomic E-state index is 0.109. The molecule has 1 unspecified atom stereocenters. The molecule has 0 spiro atoms. The molecule has 1 aromatic carbocycles. The molecule has 94 valence electrons. The fourth-order valence-electron chi connectivity index (χ4n) is 1.97. The number of hydrogen-bond donors (Lipinski definition) is 0. The Morgan fingerprint density at radius 2 is 2.24 bits per heavy atom. The van der Waals surface area contributed by atoms with E-state index in [-0.39, 0.29) is 11.9 Å². The van der Waals surface area contributed by atoms with Crippen LogP contribution in [0, 0.1) is 0 Å².